The number of benzene rings is 2. The Hall–Kier alpha value is -4.61. The molecule has 5 rings (SSSR count). The minimum atomic E-state index is -4.34. The minimum absolute atomic E-state index is 0.0573. The lowest BCUT2D eigenvalue weighted by atomic mass is 9.81. The van der Waals surface area contributed by atoms with Crippen molar-refractivity contribution in [3.63, 3.8) is 0 Å². The van der Waals surface area contributed by atoms with Crippen LogP contribution in [0.25, 0.3) is 0 Å². The molecule has 2 aromatic rings. The maximum Gasteiger partial charge on any atom is 0.294 e. The van der Waals surface area contributed by atoms with Crippen LogP contribution in [0, 0.1) is 6.92 Å². The van der Waals surface area contributed by atoms with E-state index < -0.39 is 15.5 Å². The third-order valence-corrected chi connectivity index (χ3v) is 11.2. The number of allylic oxidation sites excluding steroid dienone is 6. The van der Waals surface area contributed by atoms with Crippen LogP contribution in [0.15, 0.2) is 89.5 Å². The van der Waals surface area contributed by atoms with Crippen molar-refractivity contribution in [2.75, 3.05) is 31.1 Å². The molecule has 2 aromatic carbocycles. The molecule has 0 saturated heterocycles. The van der Waals surface area contributed by atoms with Gasteiger partial charge in [0.05, 0.1) is 10.3 Å². The zero-order chi connectivity index (χ0) is 37.1. The van der Waals surface area contributed by atoms with E-state index in [0.717, 1.165) is 47.7 Å². The molecular weight excluding hydrogens is 665 g/mol. The van der Waals surface area contributed by atoms with E-state index in [1.54, 1.807) is 13.0 Å². The Morgan fingerprint density at radius 1 is 0.922 bits per heavy atom. The highest BCUT2D eigenvalue weighted by Crippen LogP contribution is 2.50. The van der Waals surface area contributed by atoms with Crippen LogP contribution in [-0.2, 0) is 35.3 Å². The van der Waals surface area contributed by atoms with Gasteiger partial charge in [0.25, 0.3) is 21.9 Å². The Labute approximate surface area is 301 Å². The summed E-state index contributed by atoms with van der Waals surface area (Å²) in [6, 6.07) is 11.7. The Balaban J connectivity index is 1.25. The predicted octanol–water partition coefficient (Wildman–Crippen LogP) is 6.03. The van der Waals surface area contributed by atoms with Gasteiger partial charge in [0.2, 0.25) is 11.6 Å². The average Bonchev–Trinajstić information content (AvgIpc) is 3.59. The molecule has 10 nitrogen and oxygen atoms in total. The number of nitrogens with one attached hydrogen (secondary N) is 1. The van der Waals surface area contributed by atoms with Crippen molar-refractivity contribution in [1.82, 2.24) is 10.2 Å². The highest BCUT2D eigenvalue weighted by molar-refractivity contribution is 7.85. The van der Waals surface area contributed by atoms with Crippen LogP contribution in [0.5, 0.6) is 0 Å². The first kappa shape index (κ1) is 37.6. The third kappa shape index (κ3) is 7.55. The smallest absolute Gasteiger partial charge is 0.294 e. The molecule has 0 bridgehead atoms. The second kappa shape index (κ2) is 14.9. The fraction of sp³-hybridized carbons (Fsp3) is 0.400. The maximum atomic E-state index is 12.4. The number of carbonyl (C=O) groups excluding carboxylic acids is 3. The molecule has 270 valence electrons. The summed E-state index contributed by atoms with van der Waals surface area (Å²) in [5, 5.41) is 2.81. The molecule has 3 aliphatic heterocycles. The fourth-order valence-electron chi connectivity index (χ4n) is 7.72. The number of rotatable bonds is 14. The number of fused-ring (bicyclic) bond motifs is 2. The number of amides is 3. The monoisotopic (exact) mass is 713 g/mol. The van der Waals surface area contributed by atoms with Gasteiger partial charge in [-0.05, 0) is 69.9 Å². The van der Waals surface area contributed by atoms with Crippen molar-refractivity contribution >= 4 is 44.9 Å². The summed E-state index contributed by atoms with van der Waals surface area (Å²) in [6.45, 7) is 14.4. The van der Waals surface area contributed by atoms with E-state index in [2.05, 4.69) is 91.9 Å². The summed E-state index contributed by atoms with van der Waals surface area (Å²) in [5.41, 5.74) is 6.43. The molecule has 0 atom stereocenters. The number of likely N-dealkylation sites (N-methyl/N-ethyl adjacent to an activating group) is 1. The molecule has 3 aliphatic rings. The second-order valence-electron chi connectivity index (χ2n) is 14.2. The predicted molar refractivity (Wildman–Crippen MR) is 200 cm³/mol. The second-order valence-corrected chi connectivity index (χ2v) is 15.6. The summed E-state index contributed by atoms with van der Waals surface area (Å²) in [4.78, 5) is 39.0. The molecule has 51 heavy (non-hydrogen) atoms. The number of nitrogens with zero attached hydrogens (tertiary/aromatic N) is 3. The van der Waals surface area contributed by atoms with Crippen LogP contribution in [0.1, 0.15) is 77.0 Å². The molecule has 0 fully saturated rings. The van der Waals surface area contributed by atoms with E-state index in [0.29, 0.717) is 18.5 Å². The molecule has 2 N–H and O–H groups in total. The van der Waals surface area contributed by atoms with Gasteiger partial charge in [0.15, 0.2) is 5.71 Å². The minimum Gasteiger partial charge on any atom is -0.354 e. The number of unbranched alkanes of at least 4 members (excludes halogenated alkanes) is 2. The average molecular weight is 714 g/mol. The van der Waals surface area contributed by atoms with Crippen LogP contribution < -0.4 is 10.2 Å². The highest BCUT2D eigenvalue weighted by Gasteiger charge is 2.44. The zero-order valence-corrected chi connectivity index (χ0v) is 31.2. The van der Waals surface area contributed by atoms with Crippen molar-refractivity contribution in [2.45, 2.75) is 83.0 Å². The van der Waals surface area contributed by atoms with Gasteiger partial charge in [0.1, 0.15) is 6.54 Å². The van der Waals surface area contributed by atoms with Crippen molar-refractivity contribution in [3.8, 4) is 0 Å². The zero-order valence-electron chi connectivity index (χ0n) is 30.4. The van der Waals surface area contributed by atoms with Gasteiger partial charge < -0.3 is 10.2 Å². The number of para-hydroxylation sites is 1. The van der Waals surface area contributed by atoms with Crippen molar-refractivity contribution in [3.05, 3.63) is 101 Å². The lowest BCUT2D eigenvalue weighted by Gasteiger charge is -2.26. The van der Waals surface area contributed by atoms with Gasteiger partial charge in [-0.15, -0.1) is 0 Å². The number of carbonyl (C=O) groups is 3. The lowest BCUT2D eigenvalue weighted by Crippen LogP contribution is -2.38. The lowest BCUT2D eigenvalue weighted by molar-refractivity contribution is -0.438. The van der Waals surface area contributed by atoms with Gasteiger partial charge in [0, 0.05) is 79.1 Å². The standard InChI is InChI=1S/C40H48N4O6S/c1-7-42-31-21-22-32(51(48,49)50)28(2)38(31)40(5,6)34(42)19-11-8-10-18-33-39(3,4)29-16-13-14-17-30(29)43(33)26-15-9-12-20-35(45)41-25-27-44-36(46)23-24-37(44)47/h8,10-11,13-14,16-19,21-24H,7,9,12,15,20,25-27H2,1-6H3,(H-,41,45,48,49,50)/p+1. The molecule has 3 heterocycles. The number of hydrogen-bond donors (Lipinski definition) is 2. The molecule has 3 amide bonds. The Morgan fingerprint density at radius 2 is 1.63 bits per heavy atom. The van der Waals surface area contributed by atoms with Gasteiger partial charge in [-0.1, -0.05) is 50.3 Å². The Morgan fingerprint density at radius 3 is 2.31 bits per heavy atom. The van der Waals surface area contributed by atoms with Crippen LogP contribution in [0.4, 0.5) is 11.4 Å². The van der Waals surface area contributed by atoms with Crippen molar-refractivity contribution in [1.29, 1.82) is 0 Å². The quantitative estimate of drug-likeness (QED) is 0.0805. The van der Waals surface area contributed by atoms with E-state index in [1.807, 2.05) is 12.2 Å². The summed E-state index contributed by atoms with van der Waals surface area (Å²) >= 11 is 0. The van der Waals surface area contributed by atoms with Crippen LogP contribution in [0.2, 0.25) is 0 Å². The Kier molecular flexibility index (Phi) is 11.0. The highest BCUT2D eigenvalue weighted by atomic mass is 32.2. The van der Waals surface area contributed by atoms with Crippen molar-refractivity contribution in [2.24, 2.45) is 0 Å². The summed E-state index contributed by atoms with van der Waals surface area (Å²) in [6.07, 6.45) is 15.7. The van der Waals surface area contributed by atoms with Gasteiger partial charge in [-0.3, -0.25) is 23.8 Å². The van der Waals surface area contributed by atoms with Crippen molar-refractivity contribution < 1.29 is 31.9 Å². The molecule has 0 aliphatic carbocycles. The van der Waals surface area contributed by atoms with Gasteiger partial charge >= 0.3 is 0 Å². The van der Waals surface area contributed by atoms with E-state index in [1.165, 1.54) is 35.2 Å². The normalized spacial score (nSPS) is 18.6. The third-order valence-electron chi connectivity index (χ3n) is 10.2. The SMILES string of the molecule is CCN1C(=CC=CC=CC2=[N+](CCCCCC(=O)NCCN3C(=O)C=CC3=O)c3ccccc3C2(C)C)C(C)(C)c2c1ccc(S(=O)(=O)O)c2C. The molecule has 0 spiro atoms. The van der Waals surface area contributed by atoms with Crippen LogP contribution in [-0.4, -0.2) is 72.1 Å². The summed E-state index contributed by atoms with van der Waals surface area (Å²) in [7, 11) is -4.34. The molecule has 0 unspecified atom stereocenters. The molecule has 0 radical (unpaired) electrons. The number of anilines is 1. The van der Waals surface area contributed by atoms with Crippen LogP contribution >= 0.6 is 0 Å². The summed E-state index contributed by atoms with van der Waals surface area (Å²) in [5.74, 6) is -0.782. The van der Waals surface area contributed by atoms with Crippen LogP contribution in [0.3, 0.4) is 0 Å². The van der Waals surface area contributed by atoms with E-state index in [4.69, 9.17) is 0 Å². The molecular formula is C40H49N4O6S+. The first-order valence-corrected chi connectivity index (χ1v) is 19.0. The molecule has 0 saturated carbocycles. The largest absolute Gasteiger partial charge is 0.354 e. The van der Waals surface area contributed by atoms with E-state index in [9.17, 15) is 27.4 Å². The molecule has 0 aromatic heterocycles. The fourth-order valence-corrected chi connectivity index (χ4v) is 8.45. The molecule has 11 heteroatoms. The van der Waals surface area contributed by atoms with Gasteiger partial charge in [-0.2, -0.15) is 13.0 Å². The van der Waals surface area contributed by atoms with E-state index in [-0.39, 0.29) is 41.1 Å². The van der Waals surface area contributed by atoms with Gasteiger partial charge in [-0.25, -0.2) is 0 Å². The summed E-state index contributed by atoms with van der Waals surface area (Å²) < 4.78 is 36.3. The number of hydrogen-bond acceptors (Lipinski definition) is 6. The Bertz CT molecular complexity index is 1980. The first-order valence-electron chi connectivity index (χ1n) is 17.6. The topological polar surface area (TPSA) is 127 Å². The first-order chi connectivity index (χ1) is 24.1. The maximum absolute atomic E-state index is 12.4. The number of imide groups is 1. The van der Waals surface area contributed by atoms with E-state index >= 15 is 0 Å².